The fourth-order valence-electron chi connectivity index (χ4n) is 5.16. The Morgan fingerprint density at radius 2 is 1.72 bits per heavy atom. The van der Waals surface area contributed by atoms with Crippen LogP contribution in [-0.2, 0) is 11.8 Å². The number of aryl methyl sites for hydroxylation is 2. The van der Waals surface area contributed by atoms with Gasteiger partial charge < -0.3 is 14.4 Å². The van der Waals surface area contributed by atoms with Crippen molar-refractivity contribution >= 4 is 16.9 Å². The summed E-state index contributed by atoms with van der Waals surface area (Å²) in [6.45, 7) is 11.4. The van der Waals surface area contributed by atoms with Crippen molar-refractivity contribution in [3.8, 4) is 5.88 Å². The molecule has 0 spiro atoms. The van der Waals surface area contributed by atoms with E-state index < -0.39 is 0 Å². The van der Waals surface area contributed by atoms with E-state index in [0.29, 0.717) is 42.5 Å². The van der Waals surface area contributed by atoms with Gasteiger partial charge >= 0.3 is 5.69 Å². The number of ether oxygens (including phenoxy) is 2. The fraction of sp³-hybridized carbons (Fsp3) is 0.536. The van der Waals surface area contributed by atoms with Gasteiger partial charge in [0, 0.05) is 51.4 Å². The molecule has 0 saturated carbocycles. The molecular formula is C28H39N5O3. The van der Waals surface area contributed by atoms with Crippen LogP contribution in [0.2, 0.25) is 0 Å². The van der Waals surface area contributed by atoms with Gasteiger partial charge in [0.25, 0.3) is 0 Å². The Bertz CT molecular complexity index is 1230. The van der Waals surface area contributed by atoms with Crippen LogP contribution in [-0.4, -0.2) is 64.9 Å². The van der Waals surface area contributed by atoms with Crippen molar-refractivity contribution in [2.24, 2.45) is 7.05 Å². The van der Waals surface area contributed by atoms with Gasteiger partial charge in [-0.05, 0) is 38.3 Å². The minimum absolute atomic E-state index is 0.211. The summed E-state index contributed by atoms with van der Waals surface area (Å²) in [7, 11) is 3.38. The molecule has 2 aromatic heterocycles. The molecular weight excluding hydrogens is 454 g/mol. The molecule has 3 aromatic rings. The minimum Gasteiger partial charge on any atom is -0.475 e. The van der Waals surface area contributed by atoms with E-state index in [1.54, 1.807) is 24.8 Å². The van der Waals surface area contributed by atoms with Crippen LogP contribution >= 0.6 is 0 Å². The molecule has 1 fully saturated rings. The Labute approximate surface area is 213 Å². The number of aromatic nitrogens is 3. The highest BCUT2D eigenvalue weighted by Gasteiger charge is 2.36. The molecule has 194 valence electrons. The average molecular weight is 494 g/mol. The molecule has 0 aliphatic carbocycles. The standard InChI is InChI=1S/C28H39N5O3/c1-7-22-18-33(23(8-2)17-32(22)20(4)21-11-9-19(3)10-12-21)27-26-24(31(5)28(34)30-27)13-14-25(29-26)36-16-15-35-6/h9-14,20,22-23H,7-8,15-18H2,1-6H3/t20?,22-,23+/m1/s1. The summed E-state index contributed by atoms with van der Waals surface area (Å²) < 4.78 is 12.4. The second-order valence-corrected chi connectivity index (χ2v) is 9.70. The number of anilines is 1. The molecule has 1 aliphatic rings. The number of hydrogen-bond acceptors (Lipinski definition) is 7. The van der Waals surface area contributed by atoms with Gasteiger partial charge in [-0.1, -0.05) is 43.7 Å². The van der Waals surface area contributed by atoms with E-state index in [0.717, 1.165) is 31.4 Å². The smallest absolute Gasteiger partial charge is 0.349 e. The Kier molecular flexibility index (Phi) is 8.26. The van der Waals surface area contributed by atoms with Crippen molar-refractivity contribution < 1.29 is 9.47 Å². The van der Waals surface area contributed by atoms with Gasteiger partial charge in [0.2, 0.25) is 5.88 Å². The summed E-state index contributed by atoms with van der Waals surface area (Å²) in [5, 5.41) is 0. The largest absolute Gasteiger partial charge is 0.475 e. The van der Waals surface area contributed by atoms with E-state index in [1.165, 1.54) is 11.1 Å². The van der Waals surface area contributed by atoms with E-state index in [2.05, 4.69) is 66.7 Å². The van der Waals surface area contributed by atoms with Crippen LogP contribution in [0.5, 0.6) is 5.88 Å². The molecule has 3 heterocycles. The van der Waals surface area contributed by atoms with Gasteiger partial charge in [-0.3, -0.25) is 9.47 Å². The van der Waals surface area contributed by atoms with Crippen molar-refractivity contribution in [1.29, 1.82) is 0 Å². The first-order valence-electron chi connectivity index (χ1n) is 13.0. The number of fused-ring (bicyclic) bond motifs is 1. The lowest BCUT2D eigenvalue weighted by Crippen LogP contribution is -2.59. The summed E-state index contributed by atoms with van der Waals surface area (Å²) in [5.74, 6) is 1.16. The summed E-state index contributed by atoms with van der Waals surface area (Å²) in [4.78, 5) is 27.1. The first kappa shape index (κ1) is 26.1. The predicted octanol–water partition coefficient (Wildman–Crippen LogP) is 4.10. The zero-order valence-electron chi connectivity index (χ0n) is 22.4. The highest BCUT2D eigenvalue weighted by atomic mass is 16.5. The second-order valence-electron chi connectivity index (χ2n) is 9.70. The second kappa shape index (κ2) is 11.4. The number of rotatable bonds is 9. The summed E-state index contributed by atoms with van der Waals surface area (Å²) >= 11 is 0. The molecule has 0 bridgehead atoms. The molecule has 0 radical (unpaired) electrons. The predicted molar refractivity (Wildman–Crippen MR) is 144 cm³/mol. The van der Waals surface area contributed by atoms with Gasteiger partial charge in [-0.15, -0.1) is 0 Å². The molecule has 0 amide bonds. The normalized spacial score (nSPS) is 19.6. The first-order valence-corrected chi connectivity index (χ1v) is 13.0. The quantitative estimate of drug-likeness (QED) is 0.416. The molecule has 1 aromatic carbocycles. The van der Waals surface area contributed by atoms with E-state index in [4.69, 9.17) is 14.5 Å². The Morgan fingerprint density at radius 1 is 1.00 bits per heavy atom. The molecule has 8 heteroatoms. The van der Waals surface area contributed by atoms with Crippen LogP contribution in [0.1, 0.15) is 50.8 Å². The zero-order valence-corrected chi connectivity index (χ0v) is 22.4. The third kappa shape index (κ3) is 5.25. The van der Waals surface area contributed by atoms with Gasteiger partial charge in [-0.25, -0.2) is 9.78 Å². The molecule has 0 N–H and O–H groups in total. The van der Waals surface area contributed by atoms with Crippen LogP contribution in [0.15, 0.2) is 41.2 Å². The Balaban J connectivity index is 1.71. The summed E-state index contributed by atoms with van der Waals surface area (Å²) in [5.41, 5.74) is 3.78. The maximum absolute atomic E-state index is 12.9. The Hall–Kier alpha value is -2.97. The van der Waals surface area contributed by atoms with Crippen LogP contribution in [0.3, 0.4) is 0 Å². The van der Waals surface area contributed by atoms with E-state index in [1.807, 2.05) is 6.07 Å². The van der Waals surface area contributed by atoms with Crippen LogP contribution in [0.4, 0.5) is 5.82 Å². The fourth-order valence-corrected chi connectivity index (χ4v) is 5.16. The number of benzene rings is 1. The molecule has 8 nitrogen and oxygen atoms in total. The molecule has 4 rings (SSSR count). The van der Waals surface area contributed by atoms with Crippen molar-refractivity contribution in [2.45, 2.75) is 58.7 Å². The van der Waals surface area contributed by atoms with Crippen molar-refractivity contribution in [3.05, 3.63) is 58.0 Å². The molecule has 36 heavy (non-hydrogen) atoms. The van der Waals surface area contributed by atoms with Crippen molar-refractivity contribution in [3.63, 3.8) is 0 Å². The maximum Gasteiger partial charge on any atom is 0.349 e. The summed E-state index contributed by atoms with van der Waals surface area (Å²) in [6.07, 6.45) is 1.95. The van der Waals surface area contributed by atoms with E-state index in [9.17, 15) is 4.79 Å². The lowest BCUT2D eigenvalue weighted by Gasteiger charge is -2.49. The number of nitrogens with zero attached hydrogens (tertiary/aromatic N) is 5. The monoisotopic (exact) mass is 493 g/mol. The lowest BCUT2D eigenvalue weighted by molar-refractivity contribution is 0.101. The average Bonchev–Trinajstić information content (AvgIpc) is 2.90. The van der Waals surface area contributed by atoms with Crippen molar-refractivity contribution in [2.75, 3.05) is 38.3 Å². The molecule has 1 aliphatic heterocycles. The number of methoxy groups -OCH3 is 1. The van der Waals surface area contributed by atoms with E-state index >= 15 is 0 Å². The van der Waals surface area contributed by atoms with Gasteiger partial charge in [-0.2, -0.15) is 4.98 Å². The van der Waals surface area contributed by atoms with Crippen LogP contribution < -0.4 is 15.3 Å². The molecule has 3 atom stereocenters. The number of pyridine rings is 1. The number of hydrogen-bond donors (Lipinski definition) is 0. The highest BCUT2D eigenvalue weighted by molar-refractivity contribution is 5.86. The molecule has 1 saturated heterocycles. The minimum atomic E-state index is -0.272. The lowest BCUT2D eigenvalue weighted by atomic mass is 9.96. The molecule has 1 unspecified atom stereocenters. The topological polar surface area (TPSA) is 72.7 Å². The first-order chi connectivity index (χ1) is 17.4. The Morgan fingerprint density at radius 3 is 2.39 bits per heavy atom. The zero-order chi connectivity index (χ0) is 25.8. The van der Waals surface area contributed by atoms with Gasteiger partial charge in [0.05, 0.1) is 12.1 Å². The van der Waals surface area contributed by atoms with Gasteiger partial charge in [0.1, 0.15) is 12.1 Å². The third-order valence-electron chi connectivity index (χ3n) is 7.46. The number of piperazine rings is 1. The van der Waals surface area contributed by atoms with Crippen molar-refractivity contribution in [1.82, 2.24) is 19.4 Å². The van der Waals surface area contributed by atoms with Gasteiger partial charge in [0.15, 0.2) is 5.82 Å². The van der Waals surface area contributed by atoms with Crippen LogP contribution in [0, 0.1) is 6.92 Å². The highest BCUT2D eigenvalue weighted by Crippen LogP contribution is 2.33. The van der Waals surface area contributed by atoms with Crippen LogP contribution in [0.25, 0.3) is 11.0 Å². The summed E-state index contributed by atoms with van der Waals surface area (Å²) in [6, 6.07) is 13.4. The third-order valence-corrected chi connectivity index (χ3v) is 7.46. The van der Waals surface area contributed by atoms with E-state index in [-0.39, 0.29) is 11.7 Å². The maximum atomic E-state index is 12.9. The SMILES string of the molecule is CC[C@H]1CN(C(C)c2ccc(C)cc2)[C@H](CC)CN1c1nc(=O)n(C)c2ccc(OCCOC)nc12.